The second-order valence-corrected chi connectivity index (χ2v) is 16.9. The molecule has 57 heavy (non-hydrogen) atoms. The topological polar surface area (TPSA) is 173 Å². The van der Waals surface area contributed by atoms with Crippen molar-refractivity contribution >= 4 is 58.0 Å². The number of phenols is 1. The Kier molecular flexibility index (Phi) is 23.8. The first kappa shape index (κ1) is 50.3. The maximum Gasteiger partial charge on any atom is 2.00 e. The zero-order valence-corrected chi connectivity index (χ0v) is 37.3. The van der Waals surface area contributed by atoms with Gasteiger partial charge in [-0.2, -0.15) is 8.42 Å². The molecule has 0 aliphatic rings. The molecule has 0 bridgehead atoms. The minimum absolute atomic E-state index is 0. The SMILES string of the molecule is CCCCCCCCCCc1ccc(S(=O)(=O)O)c(Oc2cccc(O)c2)c1.CCCCCCCCCCc1ccc(S(=O)(=O)[O-])c(Oc2cccc([O-])c2)c1.[Ca+2]. The van der Waals surface area contributed by atoms with Crippen molar-refractivity contribution in [1.29, 1.82) is 0 Å². The Balaban J connectivity index is 0.000000387. The molecule has 0 aliphatic carbocycles. The van der Waals surface area contributed by atoms with E-state index >= 15 is 0 Å². The van der Waals surface area contributed by atoms with Gasteiger partial charge in [0.2, 0.25) is 0 Å². The summed E-state index contributed by atoms with van der Waals surface area (Å²) in [4.78, 5) is -0.695. The van der Waals surface area contributed by atoms with Crippen LogP contribution in [0.5, 0.6) is 34.5 Å². The van der Waals surface area contributed by atoms with Crippen molar-refractivity contribution in [1.82, 2.24) is 0 Å². The van der Waals surface area contributed by atoms with E-state index in [4.69, 9.17) is 9.47 Å². The fourth-order valence-corrected chi connectivity index (χ4v) is 7.44. The average Bonchev–Trinajstić information content (AvgIpc) is 3.13. The quantitative estimate of drug-likeness (QED) is 0.0392. The van der Waals surface area contributed by atoms with E-state index < -0.39 is 25.1 Å². The third-order valence-electron chi connectivity index (χ3n) is 9.28. The Labute approximate surface area is 370 Å². The largest absolute Gasteiger partial charge is 2.00 e. The molecule has 0 unspecified atom stereocenters. The normalized spacial score (nSPS) is 11.3. The van der Waals surface area contributed by atoms with Crippen LogP contribution in [0, 0.1) is 0 Å². The first-order valence-corrected chi connectivity index (χ1v) is 22.8. The molecular formula is C44H58CaO10S2. The molecule has 4 aromatic carbocycles. The summed E-state index contributed by atoms with van der Waals surface area (Å²) >= 11 is 0. The van der Waals surface area contributed by atoms with E-state index in [2.05, 4.69) is 13.8 Å². The van der Waals surface area contributed by atoms with Gasteiger partial charge in [0.05, 0.1) is 4.90 Å². The molecule has 0 aromatic heterocycles. The van der Waals surface area contributed by atoms with Gasteiger partial charge >= 0.3 is 37.7 Å². The van der Waals surface area contributed by atoms with E-state index in [9.17, 15) is 36.2 Å². The first-order chi connectivity index (χ1) is 26.8. The maximum absolute atomic E-state index is 11.7. The second kappa shape index (κ2) is 27.0. The van der Waals surface area contributed by atoms with Crippen LogP contribution < -0.4 is 14.6 Å². The third kappa shape index (κ3) is 20.1. The van der Waals surface area contributed by atoms with Gasteiger partial charge in [-0.05, 0) is 85.3 Å². The molecule has 4 aromatic rings. The number of unbranched alkanes of at least 4 members (excludes halogenated alkanes) is 14. The number of hydrogen-bond donors (Lipinski definition) is 2. The molecule has 0 spiro atoms. The number of hydrogen-bond acceptors (Lipinski definition) is 9. The number of rotatable bonds is 24. The molecular weight excluding hydrogens is 793 g/mol. The van der Waals surface area contributed by atoms with Crippen molar-refractivity contribution in [2.24, 2.45) is 0 Å². The molecule has 0 saturated carbocycles. The predicted molar refractivity (Wildman–Crippen MR) is 223 cm³/mol. The predicted octanol–water partition coefficient (Wildman–Crippen LogP) is 10.9. The van der Waals surface area contributed by atoms with Crippen molar-refractivity contribution in [2.75, 3.05) is 0 Å². The van der Waals surface area contributed by atoms with E-state index in [1.54, 1.807) is 42.5 Å². The zero-order valence-electron chi connectivity index (χ0n) is 33.5. The summed E-state index contributed by atoms with van der Waals surface area (Å²) in [5, 5.41) is 21.0. The Hall–Kier alpha value is -2.84. The summed E-state index contributed by atoms with van der Waals surface area (Å²) in [6, 6.07) is 21.0. The van der Waals surface area contributed by atoms with Gasteiger partial charge in [0.1, 0.15) is 43.8 Å². The monoisotopic (exact) mass is 850 g/mol. The van der Waals surface area contributed by atoms with Crippen LogP contribution in [0.4, 0.5) is 0 Å². The minimum Gasteiger partial charge on any atom is -0.872 e. The van der Waals surface area contributed by atoms with Crippen molar-refractivity contribution in [3.63, 3.8) is 0 Å². The number of aryl methyl sites for hydroxylation is 2. The van der Waals surface area contributed by atoms with E-state index in [1.807, 2.05) is 0 Å². The van der Waals surface area contributed by atoms with Crippen LogP contribution in [0.25, 0.3) is 0 Å². The van der Waals surface area contributed by atoms with Crippen LogP contribution >= 0.6 is 0 Å². The van der Waals surface area contributed by atoms with Crippen molar-refractivity contribution in [2.45, 2.75) is 139 Å². The molecule has 2 N–H and O–H groups in total. The van der Waals surface area contributed by atoms with E-state index in [-0.39, 0.29) is 71.4 Å². The molecule has 0 amide bonds. The zero-order chi connectivity index (χ0) is 40.8. The minimum atomic E-state index is -4.67. The Morgan fingerprint density at radius 2 is 0.965 bits per heavy atom. The van der Waals surface area contributed by atoms with Crippen LogP contribution in [-0.4, -0.2) is 68.8 Å². The number of aromatic hydroxyl groups is 1. The van der Waals surface area contributed by atoms with Crippen LogP contribution in [0.15, 0.2) is 94.7 Å². The van der Waals surface area contributed by atoms with Gasteiger partial charge < -0.3 is 24.2 Å². The first-order valence-electron chi connectivity index (χ1n) is 19.9. The molecule has 308 valence electrons. The summed E-state index contributed by atoms with van der Waals surface area (Å²) < 4.78 is 78.6. The summed E-state index contributed by atoms with van der Waals surface area (Å²) in [5.41, 5.74) is 1.86. The number of phenolic OH excluding ortho intramolecular Hbond substituents is 1. The smallest absolute Gasteiger partial charge is 0.872 e. The summed E-state index contributed by atoms with van der Waals surface area (Å²) in [7, 11) is -9.08. The fraction of sp³-hybridized carbons (Fsp3) is 0.455. The van der Waals surface area contributed by atoms with Crippen LogP contribution in [-0.2, 0) is 33.1 Å². The molecule has 10 nitrogen and oxygen atoms in total. The Bertz CT molecular complexity index is 1840. The van der Waals surface area contributed by atoms with E-state index in [0.717, 1.165) is 49.7 Å². The van der Waals surface area contributed by atoms with Crippen LogP contribution in [0.3, 0.4) is 0 Å². The van der Waals surface area contributed by atoms with Gasteiger partial charge in [-0.25, -0.2) is 8.42 Å². The number of ether oxygens (including phenoxy) is 2. The second-order valence-electron chi connectivity index (χ2n) is 14.1. The Morgan fingerprint density at radius 3 is 1.40 bits per heavy atom. The molecule has 0 aliphatic heterocycles. The van der Waals surface area contributed by atoms with Gasteiger partial charge in [-0.15, -0.1) is 5.75 Å². The van der Waals surface area contributed by atoms with Crippen molar-refractivity contribution in [3.8, 4) is 34.5 Å². The van der Waals surface area contributed by atoms with Gasteiger partial charge in [0.15, 0.2) is 0 Å². The van der Waals surface area contributed by atoms with Crippen molar-refractivity contribution < 1.29 is 45.6 Å². The standard InChI is InChI=1S/2C22H30O5S.Ca/c2*1-2-3-4-5-6-7-8-9-11-18-14-15-22(28(24,25)26)21(16-18)27-20-13-10-12-19(23)17-20;/h2*10,12-17,23H,2-9,11H2,1H3,(H,24,25,26);/q;;+2/p-2. The molecule has 0 atom stereocenters. The molecule has 0 saturated heterocycles. The molecule has 0 fully saturated rings. The number of benzene rings is 4. The van der Waals surface area contributed by atoms with E-state index in [1.165, 1.54) is 120 Å². The molecule has 0 radical (unpaired) electrons. The van der Waals surface area contributed by atoms with E-state index in [0.29, 0.717) is 5.75 Å². The average molecular weight is 851 g/mol. The third-order valence-corrected chi connectivity index (χ3v) is 11.0. The summed E-state index contributed by atoms with van der Waals surface area (Å²) in [6.45, 7) is 4.42. The van der Waals surface area contributed by atoms with Crippen LogP contribution in [0.1, 0.15) is 128 Å². The van der Waals surface area contributed by atoms with Gasteiger partial charge in [0, 0.05) is 6.07 Å². The fourth-order valence-electron chi connectivity index (χ4n) is 6.26. The Morgan fingerprint density at radius 1 is 0.544 bits per heavy atom. The summed E-state index contributed by atoms with van der Waals surface area (Å²) in [6.07, 6.45) is 21.0. The van der Waals surface area contributed by atoms with Crippen molar-refractivity contribution in [3.05, 3.63) is 96.1 Å². The summed E-state index contributed by atoms with van der Waals surface area (Å²) in [5.74, 6) is 0.304. The van der Waals surface area contributed by atoms with Gasteiger partial charge in [0.25, 0.3) is 10.1 Å². The molecule has 4 rings (SSSR count). The molecule has 0 heterocycles. The van der Waals surface area contributed by atoms with Crippen LogP contribution in [0.2, 0.25) is 0 Å². The molecule has 13 heteroatoms. The maximum atomic E-state index is 11.7. The van der Waals surface area contributed by atoms with Gasteiger partial charge in [-0.1, -0.05) is 134 Å². The van der Waals surface area contributed by atoms with Gasteiger partial charge in [-0.3, -0.25) is 4.55 Å².